The fourth-order valence-corrected chi connectivity index (χ4v) is 2.47. The molecule has 0 saturated carbocycles. The first kappa shape index (κ1) is 13.4. The van der Waals surface area contributed by atoms with E-state index < -0.39 is 6.10 Å². The fraction of sp³-hybridized carbons (Fsp3) is 0.250. The summed E-state index contributed by atoms with van der Waals surface area (Å²) in [6.45, 7) is 0. The minimum absolute atomic E-state index is 0.387. The van der Waals surface area contributed by atoms with E-state index in [0.717, 1.165) is 5.56 Å². The van der Waals surface area contributed by atoms with Crippen LogP contribution < -0.4 is 9.47 Å². The Labute approximate surface area is 121 Å². The van der Waals surface area contributed by atoms with E-state index >= 15 is 0 Å². The zero-order valence-electron chi connectivity index (χ0n) is 9.70. The average Bonchev–Trinajstić information content (AvgIpc) is 2.65. The van der Waals surface area contributed by atoms with Crippen molar-refractivity contribution in [3.05, 3.63) is 32.7 Å². The number of rotatable bonds is 3. The molecule has 1 unspecified atom stereocenters. The fourth-order valence-electron chi connectivity index (χ4n) is 1.65. The molecule has 0 amide bonds. The maximum atomic E-state index is 11.4. The molecule has 0 fully saturated rings. The predicted octanol–water partition coefficient (Wildman–Crippen LogP) is 3.30. The van der Waals surface area contributed by atoms with Crippen molar-refractivity contribution in [1.29, 1.82) is 0 Å². The maximum absolute atomic E-state index is 11.4. The molecule has 0 radical (unpaired) electrons. The maximum Gasteiger partial charge on any atom is 0.347 e. The Bertz CT molecular complexity index is 525. The van der Waals surface area contributed by atoms with Crippen LogP contribution in [0.2, 0.25) is 0 Å². The lowest BCUT2D eigenvalue weighted by Crippen LogP contribution is -2.02. The second-order valence-corrected chi connectivity index (χ2v) is 5.21. The molecule has 1 atom stereocenters. The van der Waals surface area contributed by atoms with Gasteiger partial charge in [0, 0.05) is 5.56 Å². The van der Waals surface area contributed by atoms with Gasteiger partial charge < -0.3 is 14.2 Å². The molecule has 0 bridgehead atoms. The van der Waals surface area contributed by atoms with Crippen LogP contribution in [0.5, 0.6) is 11.5 Å². The Kier molecular flexibility index (Phi) is 3.97. The highest BCUT2D eigenvalue weighted by molar-refractivity contribution is 9.14. The predicted molar refractivity (Wildman–Crippen MR) is 73.3 cm³/mol. The molecule has 6 heteroatoms. The summed E-state index contributed by atoms with van der Waals surface area (Å²) in [6, 6.07) is 5.38. The molecule has 0 spiro atoms. The first-order chi connectivity index (χ1) is 8.58. The lowest BCUT2D eigenvalue weighted by atomic mass is 10.1. The van der Waals surface area contributed by atoms with Crippen molar-refractivity contribution in [3.63, 3.8) is 0 Å². The van der Waals surface area contributed by atoms with Gasteiger partial charge in [0.15, 0.2) is 17.6 Å². The molecular weight excluding hydrogens is 368 g/mol. The molecule has 1 heterocycles. The van der Waals surface area contributed by atoms with Crippen LogP contribution in [-0.2, 0) is 9.53 Å². The van der Waals surface area contributed by atoms with Gasteiger partial charge in [0.05, 0.1) is 18.7 Å². The summed E-state index contributed by atoms with van der Waals surface area (Å²) in [7, 11) is 3.13. The number of cyclic esters (lactones) is 1. The van der Waals surface area contributed by atoms with E-state index in [1.54, 1.807) is 26.4 Å². The molecule has 1 aliphatic heterocycles. The van der Waals surface area contributed by atoms with Crippen molar-refractivity contribution in [3.8, 4) is 11.5 Å². The first-order valence-electron chi connectivity index (χ1n) is 5.06. The lowest BCUT2D eigenvalue weighted by molar-refractivity contribution is -0.139. The molecule has 1 aliphatic rings. The molecule has 0 N–H and O–H groups in total. The minimum Gasteiger partial charge on any atom is -0.493 e. The number of methoxy groups -OCH3 is 2. The third-order valence-corrected chi connectivity index (χ3v) is 4.65. The summed E-state index contributed by atoms with van der Waals surface area (Å²) in [5, 5.41) is 0. The molecule has 4 nitrogen and oxygen atoms in total. The number of esters is 1. The smallest absolute Gasteiger partial charge is 0.347 e. The average molecular weight is 378 g/mol. The van der Waals surface area contributed by atoms with Gasteiger partial charge in [-0.3, -0.25) is 0 Å². The molecule has 0 aliphatic carbocycles. The summed E-state index contributed by atoms with van der Waals surface area (Å²) in [4.78, 5) is 11.4. The number of hydrogen-bond donors (Lipinski definition) is 0. The second-order valence-electron chi connectivity index (χ2n) is 3.56. The van der Waals surface area contributed by atoms with Crippen LogP contribution >= 0.6 is 31.9 Å². The SMILES string of the molecule is COc1ccc(C2OC(=O)C(Br)=C2Br)cc1OC. The van der Waals surface area contributed by atoms with E-state index in [9.17, 15) is 4.79 Å². The van der Waals surface area contributed by atoms with Crippen molar-refractivity contribution in [2.75, 3.05) is 14.2 Å². The van der Waals surface area contributed by atoms with Gasteiger partial charge in [0.2, 0.25) is 0 Å². The number of carbonyl (C=O) groups excluding carboxylic acids is 1. The van der Waals surface area contributed by atoms with Crippen LogP contribution in [0.4, 0.5) is 0 Å². The van der Waals surface area contributed by atoms with Gasteiger partial charge in [-0.2, -0.15) is 0 Å². The number of carbonyl (C=O) groups is 1. The standard InChI is InChI=1S/C12H10Br2O4/c1-16-7-4-3-6(5-8(7)17-2)11-9(13)10(14)12(15)18-11/h3-5,11H,1-2H3. The van der Waals surface area contributed by atoms with E-state index in [1.165, 1.54) is 0 Å². The molecule has 0 saturated heterocycles. The van der Waals surface area contributed by atoms with Crippen molar-refractivity contribution >= 4 is 37.8 Å². The normalized spacial score (nSPS) is 18.9. The Morgan fingerprint density at radius 2 is 1.83 bits per heavy atom. The van der Waals surface area contributed by atoms with E-state index in [4.69, 9.17) is 14.2 Å². The molecule has 18 heavy (non-hydrogen) atoms. The molecule has 96 valence electrons. The molecule has 2 rings (SSSR count). The van der Waals surface area contributed by atoms with Crippen LogP contribution in [0, 0.1) is 0 Å². The number of hydrogen-bond acceptors (Lipinski definition) is 4. The summed E-state index contributed by atoms with van der Waals surface area (Å²) in [5.41, 5.74) is 0.808. The summed E-state index contributed by atoms with van der Waals surface area (Å²) >= 11 is 6.52. The van der Waals surface area contributed by atoms with Crippen molar-refractivity contribution in [2.24, 2.45) is 0 Å². The van der Waals surface area contributed by atoms with Crippen LogP contribution in [0.15, 0.2) is 27.2 Å². The summed E-state index contributed by atoms with van der Waals surface area (Å²) in [6.07, 6.45) is -0.452. The third-order valence-electron chi connectivity index (χ3n) is 2.55. The van der Waals surface area contributed by atoms with Crippen LogP contribution in [-0.4, -0.2) is 20.2 Å². The topological polar surface area (TPSA) is 44.8 Å². The lowest BCUT2D eigenvalue weighted by Gasteiger charge is -2.14. The number of ether oxygens (including phenoxy) is 3. The molecule has 1 aromatic carbocycles. The minimum atomic E-state index is -0.452. The van der Waals surface area contributed by atoms with Gasteiger partial charge >= 0.3 is 5.97 Å². The van der Waals surface area contributed by atoms with Gasteiger partial charge in [0.1, 0.15) is 4.48 Å². The van der Waals surface area contributed by atoms with Crippen molar-refractivity contribution in [1.82, 2.24) is 0 Å². The Morgan fingerprint density at radius 1 is 1.17 bits per heavy atom. The molecule has 0 aromatic heterocycles. The van der Waals surface area contributed by atoms with Gasteiger partial charge in [-0.25, -0.2) is 4.79 Å². The van der Waals surface area contributed by atoms with Crippen LogP contribution in [0.25, 0.3) is 0 Å². The quantitative estimate of drug-likeness (QED) is 0.758. The third kappa shape index (κ3) is 2.27. The highest BCUT2D eigenvalue weighted by atomic mass is 79.9. The summed E-state index contributed by atoms with van der Waals surface area (Å²) in [5.74, 6) is 0.834. The number of benzene rings is 1. The highest BCUT2D eigenvalue weighted by Crippen LogP contribution is 2.43. The zero-order chi connectivity index (χ0) is 13.3. The second kappa shape index (κ2) is 5.32. The highest BCUT2D eigenvalue weighted by Gasteiger charge is 2.32. The zero-order valence-corrected chi connectivity index (χ0v) is 12.9. The monoisotopic (exact) mass is 376 g/mol. The van der Waals surface area contributed by atoms with E-state index in [2.05, 4.69) is 31.9 Å². The summed E-state index contributed by atoms with van der Waals surface area (Å²) < 4.78 is 16.7. The first-order valence-corrected chi connectivity index (χ1v) is 6.65. The van der Waals surface area contributed by atoms with Gasteiger partial charge in [0.25, 0.3) is 0 Å². The van der Waals surface area contributed by atoms with Crippen molar-refractivity contribution in [2.45, 2.75) is 6.10 Å². The van der Waals surface area contributed by atoms with E-state index in [1.807, 2.05) is 6.07 Å². The Balaban J connectivity index is 2.39. The Morgan fingerprint density at radius 3 is 2.33 bits per heavy atom. The molecule has 1 aromatic rings. The largest absolute Gasteiger partial charge is 0.493 e. The van der Waals surface area contributed by atoms with Crippen LogP contribution in [0.1, 0.15) is 11.7 Å². The van der Waals surface area contributed by atoms with E-state index in [0.29, 0.717) is 20.5 Å². The number of halogens is 2. The van der Waals surface area contributed by atoms with Gasteiger partial charge in [-0.05, 0) is 44.0 Å². The van der Waals surface area contributed by atoms with Gasteiger partial charge in [-0.15, -0.1) is 0 Å². The Hall–Kier alpha value is -1.01. The van der Waals surface area contributed by atoms with Crippen molar-refractivity contribution < 1.29 is 19.0 Å². The molecular formula is C12H10Br2O4. The van der Waals surface area contributed by atoms with E-state index in [-0.39, 0.29) is 5.97 Å². The van der Waals surface area contributed by atoms with Crippen LogP contribution in [0.3, 0.4) is 0 Å². The van der Waals surface area contributed by atoms with Gasteiger partial charge in [-0.1, -0.05) is 6.07 Å².